The number of carbonyl (C=O) groups excluding carboxylic acids is 1. The number of carboxylic acids is 1. The minimum absolute atomic E-state index is 0.0514. The number of H-pyrrole nitrogens is 1. The van der Waals surface area contributed by atoms with E-state index in [1.165, 1.54) is 11.3 Å². The van der Waals surface area contributed by atoms with E-state index in [9.17, 15) is 9.59 Å². The maximum Gasteiger partial charge on any atom is 0.341 e. The number of anilines is 1. The summed E-state index contributed by atoms with van der Waals surface area (Å²) in [4.78, 5) is 23.3. The molecule has 0 radical (unpaired) electrons. The monoisotopic (exact) mass is 251 g/mol. The highest BCUT2D eigenvalue weighted by Gasteiger charge is 2.14. The van der Waals surface area contributed by atoms with Gasteiger partial charge in [-0.25, -0.2) is 4.79 Å². The van der Waals surface area contributed by atoms with Crippen LogP contribution in [-0.4, -0.2) is 27.2 Å². The zero-order valence-electron chi connectivity index (χ0n) is 8.64. The molecule has 3 N–H and O–H groups in total. The van der Waals surface area contributed by atoms with Gasteiger partial charge in [-0.05, 0) is 11.4 Å². The summed E-state index contributed by atoms with van der Waals surface area (Å²) in [6.07, 6.45) is 1.37. The highest BCUT2D eigenvalue weighted by Crippen LogP contribution is 2.13. The van der Waals surface area contributed by atoms with Crippen LogP contribution in [0.15, 0.2) is 23.7 Å². The van der Waals surface area contributed by atoms with Gasteiger partial charge < -0.3 is 10.4 Å². The van der Waals surface area contributed by atoms with Gasteiger partial charge >= 0.3 is 5.97 Å². The molecule has 0 saturated heterocycles. The number of hydrogen-bond acceptors (Lipinski definition) is 4. The molecule has 0 unspecified atom stereocenters. The molecule has 0 aliphatic rings. The van der Waals surface area contributed by atoms with Crippen LogP contribution in [0.2, 0.25) is 0 Å². The number of nitrogens with one attached hydrogen (secondary N) is 2. The van der Waals surface area contributed by atoms with E-state index < -0.39 is 5.97 Å². The first-order valence-electron chi connectivity index (χ1n) is 4.75. The molecule has 0 saturated carbocycles. The number of aromatic carboxylic acids is 1. The standard InChI is InChI=1S/C10H9N3O3S/c14-8(4-6-2-1-3-17-6)12-9-7(10(15)16)5-11-13-9/h1-3,5H,4H2,(H,15,16)(H2,11,12,13,14). The molecule has 2 heterocycles. The SMILES string of the molecule is O=C(Cc1cccs1)Nc1[nH]ncc1C(=O)O. The molecule has 0 aliphatic heterocycles. The summed E-state index contributed by atoms with van der Waals surface area (Å²) in [5.74, 6) is -1.30. The Kier molecular flexibility index (Phi) is 3.20. The molecule has 2 aromatic heterocycles. The molecule has 0 fully saturated rings. The maximum atomic E-state index is 11.6. The third-order valence-electron chi connectivity index (χ3n) is 2.05. The second-order valence-corrected chi connectivity index (χ2v) is 4.30. The summed E-state index contributed by atoms with van der Waals surface area (Å²) >= 11 is 1.47. The lowest BCUT2D eigenvalue weighted by Crippen LogP contribution is -2.16. The molecule has 0 aliphatic carbocycles. The van der Waals surface area contributed by atoms with Gasteiger partial charge in [-0.3, -0.25) is 9.89 Å². The van der Waals surface area contributed by atoms with Crippen LogP contribution < -0.4 is 5.32 Å². The highest BCUT2D eigenvalue weighted by molar-refractivity contribution is 7.10. The van der Waals surface area contributed by atoms with Gasteiger partial charge in [0.2, 0.25) is 5.91 Å². The van der Waals surface area contributed by atoms with Crippen molar-refractivity contribution in [2.75, 3.05) is 5.32 Å². The summed E-state index contributed by atoms with van der Waals surface area (Å²) in [6.45, 7) is 0. The zero-order valence-corrected chi connectivity index (χ0v) is 9.45. The van der Waals surface area contributed by atoms with E-state index in [2.05, 4.69) is 15.5 Å². The molecule has 88 valence electrons. The van der Waals surface area contributed by atoms with Gasteiger partial charge in [0, 0.05) is 4.88 Å². The number of thiophene rings is 1. The fourth-order valence-electron chi connectivity index (χ4n) is 1.30. The van der Waals surface area contributed by atoms with E-state index in [1.807, 2.05) is 17.5 Å². The quantitative estimate of drug-likeness (QED) is 0.764. The Hall–Kier alpha value is -2.15. The minimum atomic E-state index is -1.13. The van der Waals surface area contributed by atoms with Crippen molar-refractivity contribution in [3.8, 4) is 0 Å². The second-order valence-electron chi connectivity index (χ2n) is 3.27. The number of aromatic nitrogens is 2. The normalized spacial score (nSPS) is 10.1. The molecule has 2 aromatic rings. The Morgan fingerprint density at radius 2 is 2.35 bits per heavy atom. The first kappa shape index (κ1) is 11.3. The molecule has 0 aromatic carbocycles. The first-order valence-corrected chi connectivity index (χ1v) is 5.63. The van der Waals surface area contributed by atoms with Crippen molar-refractivity contribution in [3.63, 3.8) is 0 Å². The molecule has 17 heavy (non-hydrogen) atoms. The topological polar surface area (TPSA) is 95.1 Å². The van der Waals surface area contributed by atoms with Crippen LogP contribution in [-0.2, 0) is 11.2 Å². The van der Waals surface area contributed by atoms with Crippen molar-refractivity contribution in [3.05, 3.63) is 34.2 Å². The van der Waals surface area contributed by atoms with Crippen LogP contribution in [0.3, 0.4) is 0 Å². The van der Waals surface area contributed by atoms with Gasteiger partial charge in [0.15, 0.2) is 0 Å². The van der Waals surface area contributed by atoms with Crippen LogP contribution in [0.5, 0.6) is 0 Å². The van der Waals surface area contributed by atoms with E-state index in [0.29, 0.717) is 0 Å². The second kappa shape index (κ2) is 4.79. The Balaban J connectivity index is 2.03. The Morgan fingerprint density at radius 3 is 3.00 bits per heavy atom. The molecule has 1 amide bonds. The van der Waals surface area contributed by atoms with Crippen molar-refractivity contribution in [1.82, 2.24) is 10.2 Å². The van der Waals surface area contributed by atoms with Crippen molar-refractivity contribution in [2.24, 2.45) is 0 Å². The number of aromatic amines is 1. The summed E-state index contributed by atoms with van der Waals surface area (Å²) in [5.41, 5.74) is -0.0514. The molecular formula is C10H9N3O3S. The van der Waals surface area contributed by atoms with Crippen LogP contribution in [0.25, 0.3) is 0 Å². The molecule has 0 bridgehead atoms. The van der Waals surface area contributed by atoms with Crippen molar-refractivity contribution in [1.29, 1.82) is 0 Å². The van der Waals surface area contributed by atoms with Crippen LogP contribution in [0, 0.1) is 0 Å². The van der Waals surface area contributed by atoms with Crippen LogP contribution in [0.4, 0.5) is 5.82 Å². The van der Waals surface area contributed by atoms with E-state index in [0.717, 1.165) is 11.1 Å². The minimum Gasteiger partial charge on any atom is -0.477 e. The van der Waals surface area contributed by atoms with E-state index in [1.54, 1.807) is 0 Å². The van der Waals surface area contributed by atoms with Gasteiger partial charge in [0.1, 0.15) is 11.4 Å². The Labute approximate surface area is 100 Å². The maximum absolute atomic E-state index is 11.6. The average molecular weight is 251 g/mol. The van der Waals surface area contributed by atoms with Crippen molar-refractivity contribution < 1.29 is 14.7 Å². The summed E-state index contributed by atoms with van der Waals surface area (Å²) < 4.78 is 0. The number of nitrogens with zero attached hydrogens (tertiary/aromatic N) is 1. The van der Waals surface area contributed by atoms with Gasteiger partial charge in [-0.1, -0.05) is 6.07 Å². The summed E-state index contributed by atoms with van der Waals surface area (Å²) in [5, 5.41) is 19.2. The number of hydrogen-bond donors (Lipinski definition) is 3. The largest absolute Gasteiger partial charge is 0.477 e. The number of carboxylic acid groups (broad SMARTS) is 1. The van der Waals surface area contributed by atoms with Crippen LogP contribution in [0.1, 0.15) is 15.2 Å². The lowest BCUT2D eigenvalue weighted by molar-refractivity contribution is -0.115. The fourth-order valence-corrected chi connectivity index (χ4v) is 2.00. The molecule has 6 nitrogen and oxygen atoms in total. The molecule has 0 atom stereocenters. The molecule has 2 rings (SSSR count). The molecule has 7 heteroatoms. The first-order chi connectivity index (χ1) is 8.16. The predicted octanol–water partition coefficient (Wildman–Crippen LogP) is 1.35. The van der Waals surface area contributed by atoms with Gasteiger partial charge in [-0.2, -0.15) is 5.10 Å². The summed E-state index contributed by atoms with van der Waals surface area (Å²) in [6, 6.07) is 3.70. The lowest BCUT2D eigenvalue weighted by Gasteiger charge is -2.02. The third kappa shape index (κ3) is 2.70. The molecular weight excluding hydrogens is 242 g/mol. The third-order valence-corrected chi connectivity index (χ3v) is 2.93. The van der Waals surface area contributed by atoms with E-state index in [-0.39, 0.29) is 23.7 Å². The van der Waals surface area contributed by atoms with Gasteiger partial charge in [0.05, 0.1) is 12.6 Å². The molecule has 0 spiro atoms. The average Bonchev–Trinajstić information content (AvgIpc) is 2.88. The van der Waals surface area contributed by atoms with Crippen molar-refractivity contribution >= 4 is 29.0 Å². The lowest BCUT2D eigenvalue weighted by atomic mass is 10.3. The predicted molar refractivity (Wildman–Crippen MR) is 62.2 cm³/mol. The van der Waals surface area contributed by atoms with Gasteiger partial charge in [0.25, 0.3) is 0 Å². The van der Waals surface area contributed by atoms with E-state index >= 15 is 0 Å². The smallest absolute Gasteiger partial charge is 0.341 e. The Bertz CT molecular complexity index is 533. The number of carbonyl (C=O) groups is 2. The van der Waals surface area contributed by atoms with Gasteiger partial charge in [-0.15, -0.1) is 11.3 Å². The number of amides is 1. The summed E-state index contributed by atoms with van der Waals surface area (Å²) in [7, 11) is 0. The van der Waals surface area contributed by atoms with Crippen LogP contribution >= 0.6 is 11.3 Å². The van der Waals surface area contributed by atoms with E-state index in [4.69, 9.17) is 5.11 Å². The number of rotatable bonds is 4. The highest BCUT2D eigenvalue weighted by atomic mass is 32.1. The van der Waals surface area contributed by atoms with Crippen molar-refractivity contribution in [2.45, 2.75) is 6.42 Å². The Morgan fingerprint density at radius 1 is 1.53 bits per heavy atom. The zero-order chi connectivity index (χ0) is 12.3. The fraction of sp³-hybridized carbons (Fsp3) is 0.100.